The van der Waals surface area contributed by atoms with Crippen LogP contribution < -0.4 is 21.7 Å². The summed E-state index contributed by atoms with van der Waals surface area (Å²) in [6.07, 6.45) is 1.09. The third-order valence-electron chi connectivity index (χ3n) is 6.01. The first kappa shape index (κ1) is 27.6. The third kappa shape index (κ3) is 8.02. The van der Waals surface area contributed by atoms with E-state index in [2.05, 4.69) is 16.0 Å². The van der Waals surface area contributed by atoms with Gasteiger partial charge >= 0.3 is 0 Å². The summed E-state index contributed by atoms with van der Waals surface area (Å²) >= 11 is 0. The second-order valence-electron chi connectivity index (χ2n) is 9.59. The average Bonchev–Trinajstić information content (AvgIpc) is 2.90. The fourth-order valence-electron chi connectivity index (χ4n) is 3.87. The van der Waals surface area contributed by atoms with Gasteiger partial charge in [0.15, 0.2) is 0 Å². The van der Waals surface area contributed by atoms with Crippen LogP contribution in [0.4, 0.5) is 0 Å². The van der Waals surface area contributed by atoms with Crippen LogP contribution >= 0.6 is 0 Å². The lowest BCUT2D eigenvalue weighted by molar-refractivity contribution is -0.131. The van der Waals surface area contributed by atoms with Gasteiger partial charge in [0.25, 0.3) is 5.91 Å². The lowest BCUT2D eigenvalue weighted by Crippen LogP contribution is -2.55. The van der Waals surface area contributed by atoms with E-state index in [4.69, 9.17) is 5.73 Å². The second-order valence-corrected chi connectivity index (χ2v) is 9.59. The van der Waals surface area contributed by atoms with E-state index in [9.17, 15) is 14.4 Å². The number of carbonyl (C=O) groups is 3. The van der Waals surface area contributed by atoms with E-state index in [1.807, 2.05) is 79.7 Å². The number of hydrogen-bond acceptors (Lipinski definition) is 4. The van der Waals surface area contributed by atoms with Gasteiger partial charge in [0.2, 0.25) is 11.8 Å². The molecule has 3 amide bonds. The van der Waals surface area contributed by atoms with Crippen molar-refractivity contribution in [1.29, 1.82) is 0 Å². The van der Waals surface area contributed by atoms with Crippen LogP contribution in [-0.2, 0) is 22.6 Å². The maximum atomic E-state index is 13.1. The Kier molecular flexibility index (Phi) is 9.57. The molecular weight excluding hydrogens is 464 g/mol. The first-order valence-corrected chi connectivity index (χ1v) is 12.6. The summed E-state index contributed by atoms with van der Waals surface area (Å²) in [7, 11) is 0. The normalized spacial score (nSPS) is 11.9. The minimum absolute atomic E-state index is 0.112. The molecule has 5 N–H and O–H groups in total. The highest BCUT2D eigenvalue weighted by Gasteiger charge is 2.27. The van der Waals surface area contributed by atoms with Gasteiger partial charge in [0.05, 0.1) is 5.54 Å². The predicted octanol–water partition coefficient (Wildman–Crippen LogP) is 3.57. The van der Waals surface area contributed by atoms with Gasteiger partial charge in [-0.3, -0.25) is 14.4 Å². The Labute approximate surface area is 218 Å². The van der Waals surface area contributed by atoms with Crippen LogP contribution in [0.25, 0.3) is 11.1 Å². The Morgan fingerprint density at radius 1 is 0.838 bits per heavy atom. The van der Waals surface area contributed by atoms with Crippen molar-refractivity contribution in [3.05, 3.63) is 95.6 Å². The largest absolute Gasteiger partial charge is 0.352 e. The van der Waals surface area contributed by atoms with E-state index in [-0.39, 0.29) is 17.7 Å². The molecule has 37 heavy (non-hydrogen) atoms. The van der Waals surface area contributed by atoms with Gasteiger partial charge in [0.1, 0.15) is 6.04 Å². The summed E-state index contributed by atoms with van der Waals surface area (Å²) in [6.45, 7) is 5.97. The number of aryl methyl sites for hydroxylation is 1. The van der Waals surface area contributed by atoms with Gasteiger partial charge < -0.3 is 21.7 Å². The minimum Gasteiger partial charge on any atom is -0.352 e. The molecule has 0 radical (unpaired) electrons. The molecular formula is C30H36N4O3. The van der Waals surface area contributed by atoms with Crippen LogP contribution in [0.3, 0.4) is 0 Å². The molecule has 194 valence electrons. The summed E-state index contributed by atoms with van der Waals surface area (Å²) in [5.74, 6) is -0.756. The molecule has 0 fully saturated rings. The molecule has 1 atom stereocenters. The quantitative estimate of drug-likeness (QED) is 0.322. The topological polar surface area (TPSA) is 113 Å². The number of amides is 3. The van der Waals surface area contributed by atoms with E-state index in [0.29, 0.717) is 31.5 Å². The number of carbonyl (C=O) groups excluding carboxylic acids is 3. The zero-order valence-corrected chi connectivity index (χ0v) is 21.7. The van der Waals surface area contributed by atoms with Crippen molar-refractivity contribution in [1.82, 2.24) is 16.0 Å². The molecule has 7 heteroatoms. The number of rotatable bonds is 11. The van der Waals surface area contributed by atoms with Crippen molar-refractivity contribution < 1.29 is 14.4 Å². The van der Waals surface area contributed by atoms with E-state index in [1.54, 1.807) is 19.9 Å². The molecule has 0 unspecified atom stereocenters. The van der Waals surface area contributed by atoms with E-state index < -0.39 is 11.6 Å². The molecule has 0 bridgehead atoms. The molecule has 3 aromatic rings. The number of nitrogens with one attached hydrogen (secondary N) is 3. The van der Waals surface area contributed by atoms with Crippen molar-refractivity contribution >= 4 is 17.7 Å². The lowest BCUT2D eigenvalue weighted by atomic mass is 9.98. The molecule has 0 saturated heterocycles. The van der Waals surface area contributed by atoms with E-state index >= 15 is 0 Å². The lowest BCUT2D eigenvalue weighted by Gasteiger charge is -2.24. The smallest absolute Gasteiger partial charge is 0.251 e. The molecule has 0 heterocycles. The molecule has 0 spiro atoms. The van der Waals surface area contributed by atoms with Crippen molar-refractivity contribution in [3.8, 4) is 11.1 Å². The van der Waals surface area contributed by atoms with Gasteiger partial charge in [-0.2, -0.15) is 0 Å². The SMILES string of the molecule is CCNC(=O)c1ccccc1-c1ccc(CNC(=O)[C@@H](CCc2ccccc2)NC(=O)C(C)(C)N)cc1. The summed E-state index contributed by atoms with van der Waals surface area (Å²) < 4.78 is 0. The fraction of sp³-hybridized carbons (Fsp3) is 0.300. The molecule has 7 nitrogen and oxygen atoms in total. The van der Waals surface area contributed by atoms with Gasteiger partial charge in [-0.1, -0.05) is 72.8 Å². The van der Waals surface area contributed by atoms with Crippen LogP contribution in [0.15, 0.2) is 78.9 Å². The zero-order chi connectivity index (χ0) is 26.8. The maximum absolute atomic E-state index is 13.1. The fourth-order valence-corrected chi connectivity index (χ4v) is 3.87. The molecule has 0 aliphatic carbocycles. The first-order chi connectivity index (χ1) is 17.7. The van der Waals surface area contributed by atoms with Crippen LogP contribution in [-0.4, -0.2) is 35.8 Å². The molecule has 3 aromatic carbocycles. The van der Waals surface area contributed by atoms with Crippen LogP contribution in [0, 0.1) is 0 Å². The Morgan fingerprint density at radius 2 is 1.49 bits per heavy atom. The molecule has 0 aromatic heterocycles. The Morgan fingerprint density at radius 3 is 2.14 bits per heavy atom. The maximum Gasteiger partial charge on any atom is 0.251 e. The zero-order valence-electron chi connectivity index (χ0n) is 21.7. The van der Waals surface area contributed by atoms with E-state index in [1.165, 1.54) is 0 Å². The van der Waals surface area contributed by atoms with Crippen molar-refractivity contribution in [2.75, 3.05) is 6.54 Å². The second kappa shape index (κ2) is 12.8. The summed E-state index contributed by atoms with van der Waals surface area (Å²) in [5, 5.41) is 8.59. The highest BCUT2D eigenvalue weighted by atomic mass is 16.2. The van der Waals surface area contributed by atoms with Crippen LogP contribution in [0.2, 0.25) is 0 Å². The monoisotopic (exact) mass is 500 g/mol. The Hall–Kier alpha value is -3.97. The van der Waals surface area contributed by atoms with Crippen molar-refractivity contribution in [2.45, 2.75) is 51.7 Å². The number of hydrogen-bond donors (Lipinski definition) is 4. The number of nitrogens with two attached hydrogens (primary N) is 1. The van der Waals surface area contributed by atoms with Crippen LogP contribution in [0.1, 0.15) is 48.7 Å². The number of benzene rings is 3. The van der Waals surface area contributed by atoms with E-state index in [0.717, 1.165) is 22.3 Å². The summed E-state index contributed by atoms with van der Waals surface area (Å²) in [6, 6.07) is 24.3. The molecule has 0 aliphatic heterocycles. The minimum atomic E-state index is -1.09. The van der Waals surface area contributed by atoms with Gasteiger partial charge in [-0.15, -0.1) is 0 Å². The molecule has 3 rings (SSSR count). The Balaban J connectivity index is 1.67. The van der Waals surface area contributed by atoms with Crippen LogP contribution in [0.5, 0.6) is 0 Å². The van der Waals surface area contributed by atoms with Gasteiger partial charge in [-0.05, 0) is 61.9 Å². The first-order valence-electron chi connectivity index (χ1n) is 12.6. The summed E-state index contributed by atoms with van der Waals surface area (Å²) in [5.41, 5.74) is 9.21. The molecule has 0 saturated carbocycles. The third-order valence-corrected chi connectivity index (χ3v) is 6.01. The molecule has 0 aliphatic rings. The average molecular weight is 501 g/mol. The van der Waals surface area contributed by atoms with Gasteiger partial charge in [0, 0.05) is 18.7 Å². The predicted molar refractivity (Wildman–Crippen MR) is 147 cm³/mol. The highest BCUT2D eigenvalue weighted by Crippen LogP contribution is 2.24. The standard InChI is InChI=1S/C30H36N4O3/c1-4-32-27(35)25-13-9-8-12-24(25)23-17-14-22(15-18-23)20-33-28(36)26(34-29(37)30(2,3)31)19-16-21-10-6-5-7-11-21/h5-15,17-18,26H,4,16,19-20,31H2,1-3H3,(H,32,35)(H,33,36)(H,34,37)/t26-/m1/s1. The Bertz CT molecular complexity index is 1200. The van der Waals surface area contributed by atoms with Crippen molar-refractivity contribution in [3.63, 3.8) is 0 Å². The summed E-state index contributed by atoms with van der Waals surface area (Å²) in [4.78, 5) is 38.0. The van der Waals surface area contributed by atoms with Crippen molar-refractivity contribution in [2.24, 2.45) is 5.73 Å². The highest BCUT2D eigenvalue weighted by molar-refractivity contribution is 6.00. The van der Waals surface area contributed by atoms with Gasteiger partial charge in [-0.25, -0.2) is 0 Å².